The summed E-state index contributed by atoms with van der Waals surface area (Å²) >= 11 is 4.56. The third kappa shape index (κ3) is 6.16. The van der Waals surface area contributed by atoms with E-state index < -0.39 is 41.7 Å². The van der Waals surface area contributed by atoms with Gasteiger partial charge in [0.1, 0.15) is 24.3 Å². The molecule has 1 aromatic rings. The molecule has 0 bridgehead atoms. The first-order valence-corrected chi connectivity index (χ1v) is 9.57. The summed E-state index contributed by atoms with van der Waals surface area (Å²) in [4.78, 5) is 38.4. The Balaban J connectivity index is 2.26. The average Bonchev–Trinajstić information content (AvgIpc) is 2.59. The molecule has 11 heteroatoms. The average molecular weight is 463 g/mol. The van der Waals surface area contributed by atoms with Crippen molar-refractivity contribution in [2.45, 2.75) is 48.5 Å². The minimum Gasteiger partial charge on any atom is -0.463 e. The van der Waals surface area contributed by atoms with Crippen LogP contribution in [0.15, 0.2) is 27.8 Å². The van der Waals surface area contributed by atoms with E-state index in [0.29, 0.717) is 0 Å². The van der Waals surface area contributed by atoms with Gasteiger partial charge in [-0.3, -0.25) is 19.4 Å². The minimum atomic E-state index is -0.954. The summed E-state index contributed by atoms with van der Waals surface area (Å²) in [5, 5.41) is 0. The van der Waals surface area contributed by atoms with Crippen molar-refractivity contribution in [2.24, 2.45) is 5.73 Å². The second-order valence-corrected chi connectivity index (χ2v) is 7.74. The summed E-state index contributed by atoms with van der Waals surface area (Å²) < 4.78 is 22.0. The Morgan fingerprint density at radius 1 is 1.33 bits per heavy atom. The number of nitrogens with zero attached hydrogens (tertiary/aromatic N) is 1. The predicted octanol–water partition coefficient (Wildman–Crippen LogP) is 1.02. The number of rotatable bonds is 7. The Morgan fingerprint density at radius 3 is 2.67 bits per heavy atom. The van der Waals surface area contributed by atoms with E-state index in [4.69, 9.17) is 24.7 Å². The number of ether oxygens (including phenoxy) is 4. The molecule has 0 radical (unpaired) electrons. The highest BCUT2D eigenvalue weighted by atomic mass is 79.9. The molecule has 1 aliphatic rings. The second kappa shape index (κ2) is 10.0. The molecule has 9 nitrogen and oxygen atoms in total. The number of halogens is 1. The van der Waals surface area contributed by atoms with Crippen LogP contribution in [-0.4, -0.2) is 59.8 Å². The van der Waals surface area contributed by atoms with E-state index in [1.807, 2.05) is 6.07 Å². The lowest BCUT2D eigenvalue weighted by molar-refractivity contribution is -0.197. The Morgan fingerprint density at radius 2 is 2.07 bits per heavy atom. The minimum absolute atomic E-state index is 0.164. The van der Waals surface area contributed by atoms with Crippen LogP contribution in [0.2, 0.25) is 0 Å². The van der Waals surface area contributed by atoms with Gasteiger partial charge in [-0.05, 0) is 22.0 Å². The number of hydrogen-bond acceptors (Lipinski definition) is 10. The van der Waals surface area contributed by atoms with E-state index in [1.54, 1.807) is 12.4 Å². The molecular formula is C16H19BrN2O7S. The van der Waals surface area contributed by atoms with Crippen LogP contribution in [0.3, 0.4) is 0 Å². The first-order valence-electron chi connectivity index (χ1n) is 7.89. The largest absolute Gasteiger partial charge is 0.463 e. The standard InChI is InChI=1S/C16H19BrN2O7S/c1-8(21)23-6-12-14(25-9(2)22)13(18)15(24-7-20)16(26-12)27-11-3-10(17)4-19-5-11/h3-5,7,12-16H,6,18H2,1-2H3. The van der Waals surface area contributed by atoms with Crippen molar-refractivity contribution in [3.05, 3.63) is 22.9 Å². The lowest BCUT2D eigenvalue weighted by atomic mass is 9.97. The number of carbonyl (C=O) groups excluding carboxylic acids is 3. The summed E-state index contributed by atoms with van der Waals surface area (Å²) in [6.07, 6.45) is 0.559. The van der Waals surface area contributed by atoms with Crippen molar-refractivity contribution < 1.29 is 33.3 Å². The molecule has 0 amide bonds. The van der Waals surface area contributed by atoms with Crippen molar-refractivity contribution in [2.75, 3.05) is 6.61 Å². The monoisotopic (exact) mass is 462 g/mol. The maximum Gasteiger partial charge on any atom is 0.303 e. The highest BCUT2D eigenvalue weighted by molar-refractivity contribution is 9.10. The van der Waals surface area contributed by atoms with Crippen LogP contribution in [-0.2, 0) is 33.3 Å². The number of nitrogens with two attached hydrogens (primary N) is 1. The fraction of sp³-hybridized carbons (Fsp3) is 0.500. The fourth-order valence-corrected chi connectivity index (χ4v) is 4.21. The number of thioether (sulfide) groups is 1. The van der Waals surface area contributed by atoms with Gasteiger partial charge < -0.3 is 24.7 Å². The van der Waals surface area contributed by atoms with Crippen LogP contribution in [0.1, 0.15) is 13.8 Å². The van der Waals surface area contributed by atoms with Crippen molar-refractivity contribution in [1.82, 2.24) is 4.98 Å². The zero-order valence-electron chi connectivity index (χ0n) is 14.6. The van der Waals surface area contributed by atoms with E-state index in [-0.39, 0.29) is 13.1 Å². The number of carbonyl (C=O) groups is 3. The van der Waals surface area contributed by atoms with E-state index in [2.05, 4.69) is 20.9 Å². The first kappa shape index (κ1) is 21.6. The molecule has 2 heterocycles. The van der Waals surface area contributed by atoms with Gasteiger partial charge in [0.15, 0.2) is 6.10 Å². The Hall–Kier alpha value is -1.69. The number of aromatic nitrogens is 1. The SMILES string of the molecule is CC(=O)OCC1OC(Sc2cncc(Br)c2)C(OC=O)C(N)C1OC(C)=O. The van der Waals surface area contributed by atoms with E-state index >= 15 is 0 Å². The molecule has 1 aliphatic heterocycles. The molecule has 0 saturated carbocycles. The Kier molecular flexibility index (Phi) is 8.02. The van der Waals surface area contributed by atoms with Gasteiger partial charge >= 0.3 is 11.9 Å². The quantitative estimate of drug-likeness (QED) is 0.356. The van der Waals surface area contributed by atoms with Crippen LogP contribution in [0, 0.1) is 0 Å². The molecule has 5 unspecified atom stereocenters. The summed E-state index contributed by atoms with van der Waals surface area (Å²) in [5.41, 5.74) is 5.48. The van der Waals surface area contributed by atoms with Crippen molar-refractivity contribution >= 4 is 46.1 Å². The Bertz CT molecular complexity index is 692. The Labute approximate surface area is 168 Å². The lowest BCUT2D eigenvalue weighted by Gasteiger charge is -2.43. The normalized spacial score (nSPS) is 27.5. The summed E-state index contributed by atoms with van der Waals surface area (Å²) in [7, 11) is 0. The molecule has 1 aromatic heterocycles. The molecular weight excluding hydrogens is 444 g/mol. The maximum absolute atomic E-state index is 11.4. The molecule has 5 atom stereocenters. The number of hydrogen-bond donors (Lipinski definition) is 1. The van der Waals surface area contributed by atoms with E-state index in [9.17, 15) is 14.4 Å². The van der Waals surface area contributed by atoms with Crippen molar-refractivity contribution in [1.29, 1.82) is 0 Å². The first-order chi connectivity index (χ1) is 12.8. The van der Waals surface area contributed by atoms with Crippen LogP contribution in [0.4, 0.5) is 0 Å². The number of esters is 2. The molecule has 1 fully saturated rings. The van der Waals surface area contributed by atoms with Crippen LogP contribution < -0.4 is 5.73 Å². The molecule has 0 aromatic carbocycles. The molecule has 2 rings (SSSR count). The van der Waals surface area contributed by atoms with Gasteiger partial charge in [0.25, 0.3) is 6.47 Å². The topological polar surface area (TPSA) is 127 Å². The van der Waals surface area contributed by atoms with Crippen molar-refractivity contribution in [3.8, 4) is 0 Å². The van der Waals surface area contributed by atoms with Crippen LogP contribution in [0.5, 0.6) is 0 Å². The van der Waals surface area contributed by atoms with Gasteiger partial charge in [-0.25, -0.2) is 0 Å². The molecule has 0 aliphatic carbocycles. The van der Waals surface area contributed by atoms with Gasteiger partial charge in [-0.1, -0.05) is 11.8 Å². The summed E-state index contributed by atoms with van der Waals surface area (Å²) in [6, 6.07) is 0.926. The molecule has 148 valence electrons. The van der Waals surface area contributed by atoms with E-state index in [1.165, 1.54) is 25.6 Å². The van der Waals surface area contributed by atoms with Crippen LogP contribution in [0.25, 0.3) is 0 Å². The number of pyridine rings is 1. The zero-order valence-corrected chi connectivity index (χ0v) is 17.0. The summed E-state index contributed by atoms with van der Waals surface area (Å²) in [5.74, 6) is -1.10. The van der Waals surface area contributed by atoms with Gasteiger partial charge in [-0.2, -0.15) is 0 Å². The van der Waals surface area contributed by atoms with Gasteiger partial charge in [0.05, 0.1) is 6.04 Å². The van der Waals surface area contributed by atoms with Gasteiger partial charge in [0, 0.05) is 35.6 Å². The van der Waals surface area contributed by atoms with E-state index in [0.717, 1.165) is 9.37 Å². The third-order valence-corrected chi connectivity index (χ3v) is 5.14. The van der Waals surface area contributed by atoms with Crippen molar-refractivity contribution in [3.63, 3.8) is 0 Å². The predicted molar refractivity (Wildman–Crippen MR) is 97.6 cm³/mol. The lowest BCUT2D eigenvalue weighted by Crippen LogP contribution is -2.63. The fourth-order valence-electron chi connectivity index (χ4n) is 2.53. The zero-order chi connectivity index (χ0) is 20.0. The molecule has 1 saturated heterocycles. The highest BCUT2D eigenvalue weighted by Gasteiger charge is 2.48. The highest BCUT2D eigenvalue weighted by Crippen LogP contribution is 2.35. The van der Waals surface area contributed by atoms with Gasteiger partial charge in [0.2, 0.25) is 0 Å². The molecule has 27 heavy (non-hydrogen) atoms. The summed E-state index contributed by atoms with van der Waals surface area (Å²) in [6.45, 7) is 2.57. The smallest absolute Gasteiger partial charge is 0.303 e. The molecule has 2 N–H and O–H groups in total. The maximum atomic E-state index is 11.4. The molecule has 0 spiro atoms. The van der Waals surface area contributed by atoms with Gasteiger partial charge in [-0.15, -0.1) is 0 Å². The van der Waals surface area contributed by atoms with Crippen LogP contribution >= 0.6 is 27.7 Å². The second-order valence-electron chi connectivity index (χ2n) is 5.65. The third-order valence-electron chi connectivity index (χ3n) is 3.60.